The summed E-state index contributed by atoms with van der Waals surface area (Å²) < 4.78 is 10.5. The largest absolute Gasteiger partial charge is 0.493 e. The van der Waals surface area contributed by atoms with E-state index in [0.717, 1.165) is 0 Å². The van der Waals surface area contributed by atoms with Crippen LogP contribution in [0.3, 0.4) is 0 Å². The second-order valence-corrected chi connectivity index (χ2v) is 5.67. The van der Waals surface area contributed by atoms with Crippen LogP contribution in [0.5, 0.6) is 11.5 Å². The Morgan fingerprint density at radius 1 is 1.20 bits per heavy atom. The van der Waals surface area contributed by atoms with Gasteiger partial charge < -0.3 is 14.8 Å². The molecule has 0 aromatic heterocycles. The number of rotatable bonds is 5. The van der Waals surface area contributed by atoms with Crippen LogP contribution in [-0.4, -0.2) is 20.1 Å². The average Bonchev–Trinajstić information content (AvgIpc) is 2.62. The molecule has 1 amide bonds. The van der Waals surface area contributed by atoms with Crippen LogP contribution in [0, 0.1) is 11.3 Å². The van der Waals surface area contributed by atoms with Crippen LogP contribution in [0.2, 0.25) is 10.0 Å². The molecule has 2 rings (SSSR count). The number of nitrogens with zero attached hydrogens (tertiary/aromatic N) is 1. The summed E-state index contributed by atoms with van der Waals surface area (Å²) >= 11 is 11.9. The van der Waals surface area contributed by atoms with Crippen molar-refractivity contribution in [3.63, 3.8) is 0 Å². The third-order valence-electron chi connectivity index (χ3n) is 3.27. The minimum atomic E-state index is -0.614. The number of anilines is 1. The minimum Gasteiger partial charge on any atom is -0.493 e. The highest BCUT2D eigenvalue weighted by Gasteiger charge is 2.14. The second-order valence-electron chi connectivity index (χ2n) is 4.83. The van der Waals surface area contributed by atoms with Crippen LogP contribution >= 0.6 is 23.2 Å². The molecule has 0 aliphatic rings. The molecule has 7 heteroatoms. The van der Waals surface area contributed by atoms with Gasteiger partial charge >= 0.3 is 0 Å². The second kappa shape index (κ2) is 8.43. The molecule has 0 saturated heterocycles. The van der Waals surface area contributed by atoms with E-state index in [1.807, 2.05) is 6.07 Å². The number of benzene rings is 2. The number of amides is 1. The molecule has 25 heavy (non-hydrogen) atoms. The van der Waals surface area contributed by atoms with Gasteiger partial charge in [-0.3, -0.25) is 4.79 Å². The molecule has 2 aromatic rings. The molecule has 0 bridgehead atoms. The number of nitriles is 1. The Morgan fingerprint density at radius 2 is 1.96 bits per heavy atom. The zero-order valence-electron chi connectivity index (χ0n) is 13.5. The van der Waals surface area contributed by atoms with Gasteiger partial charge in [-0.05, 0) is 30.3 Å². The van der Waals surface area contributed by atoms with Gasteiger partial charge in [0, 0.05) is 10.6 Å². The SMILES string of the molecule is COc1cccc(/C=C(\C#N)C(=O)Nc2cc(Cl)ccc2Cl)c1OC. The smallest absolute Gasteiger partial charge is 0.266 e. The molecule has 0 saturated carbocycles. The summed E-state index contributed by atoms with van der Waals surface area (Å²) in [6.07, 6.45) is 1.41. The number of para-hydroxylation sites is 1. The maximum Gasteiger partial charge on any atom is 0.266 e. The first-order chi connectivity index (χ1) is 12.0. The number of hydrogen-bond donors (Lipinski definition) is 1. The van der Waals surface area contributed by atoms with E-state index in [0.29, 0.717) is 32.8 Å². The Bertz CT molecular complexity index is 873. The molecule has 0 spiro atoms. The summed E-state index contributed by atoms with van der Waals surface area (Å²) in [5.74, 6) is 0.301. The molecule has 1 N–H and O–H groups in total. The third kappa shape index (κ3) is 4.44. The van der Waals surface area contributed by atoms with Gasteiger partial charge in [-0.1, -0.05) is 35.3 Å². The highest BCUT2D eigenvalue weighted by molar-refractivity contribution is 6.36. The summed E-state index contributed by atoms with van der Waals surface area (Å²) in [4.78, 5) is 12.4. The fourth-order valence-electron chi connectivity index (χ4n) is 2.11. The molecule has 0 heterocycles. The van der Waals surface area contributed by atoms with Crippen LogP contribution < -0.4 is 14.8 Å². The highest BCUT2D eigenvalue weighted by Crippen LogP contribution is 2.32. The van der Waals surface area contributed by atoms with Gasteiger partial charge in [0.25, 0.3) is 5.91 Å². The van der Waals surface area contributed by atoms with Gasteiger partial charge in [-0.25, -0.2) is 0 Å². The van der Waals surface area contributed by atoms with Crippen molar-refractivity contribution in [3.8, 4) is 17.6 Å². The highest BCUT2D eigenvalue weighted by atomic mass is 35.5. The van der Waals surface area contributed by atoms with Gasteiger partial charge in [0.1, 0.15) is 11.6 Å². The Morgan fingerprint density at radius 3 is 2.60 bits per heavy atom. The third-order valence-corrected chi connectivity index (χ3v) is 3.84. The standard InChI is InChI=1S/C18H14Cl2N2O3/c1-24-16-5-3-4-11(17(16)25-2)8-12(10-21)18(23)22-15-9-13(19)6-7-14(15)20/h3-9H,1-2H3,(H,22,23)/b12-8+. The predicted molar refractivity (Wildman–Crippen MR) is 98.2 cm³/mol. The summed E-state index contributed by atoms with van der Waals surface area (Å²) in [7, 11) is 2.98. The minimum absolute atomic E-state index is 0.123. The number of ether oxygens (including phenoxy) is 2. The van der Waals surface area contributed by atoms with Crippen molar-refractivity contribution in [1.82, 2.24) is 0 Å². The van der Waals surface area contributed by atoms with E-state index < -0.39 is 5.91 Å². The van der Waals surface area contributed by atoms with E-state index in [2.05, 4.69) is 5.32 Å². The quantitative estimate of drug-likeness (QED) is 0.613. The molecule has 128 valence electrons. The van der Waals surface area contributed by atoms with Gasteiger partial charge in [-0.15, -0.1) is 0 Å². The lowest BCUT2D eigenvalue weighted by molar-refractivity contribution is -0.112. The van der Waals surface area contributed by atoms with Crippen molar-refractivity contribution in [2.24, 2.45) is 0 Å². The number of carbonyl (C=O) groups excluding carboxylic acids is 1. The Balaban J connectivity index is 2.36. The van der Waals surface area contributed by atoms with Crippen LogP contribution in [0.15, 0.2) is 42.0 Å². The van der Waals surface area contributed by atoms with Crippen LogP contribution in [0.1, 0.15) is 5.56 Å². The van der Waals surface area contributed by atoms with Gasteiger partial charge in [0.05, 0.1) is 24.9 Å². The maximum absolute atomic E-state index is 12.4. The monoisotopic (exact) mass is 376 g/mol. The number of nitrogens with one attached hydrogen (secondary N) is 1. The number of halogens is 2. The van der Waals surface area contributed by atoms with Gasteiger partial charge in [0.2, 0.25) is 0 Å². The number of hydrogen-bond acceptors (Lipinski definition) is 4. The van der Waals surface area contributed by atoms with Crippen molar-refractivity contribution in [1.29, 1.82) is 5.26 Å². The fourth-order valence-corrected chi connectivity index (χ4v) is 2.45. The van der Waals surface area contributed by atoms with Crippen molar-refractivity contribution in [3.05, 3.63) is 57.6 Å². The van der Waals surface area contributed by atoms with Crippen molar-refractivity contribution >= 4 is 40.9 Å². The van der Waals surface area contributed by atoms with E-state index >= 15 is 0 Å². The maximum atomic E-state index is 12.4. The molecule has 0 aliphatic carbocycles. The fraction of sp³-hybridized carbons (Fsp3) is 0.111. The van der Waals surface area contributed by atoms with E-state index in [-0.39, 0.29) is 5.57 Å². The molecular formula is C18H14Cl2N2O3. The first-order valence-corrected chi connectivity index (χ1v) is 7.85. The van der Waals surface area contributed by atoms with Crippen molar-refractivity contribution in [2.75, 3.05) is 19.5 Å². The Hall–Kier alpha value is -2.68. The molecule has 0 atom stereocenters. The lowest BCUT2D eigenvalue weighted by Crippen LogP contribution is -2.13. The topological polar surface area (TPSA) is 71.3 Å². The first kappa shape index (κ1) is 18.7. The lowest BCUT2D eigenvalue weighted by Gasteiger charge is -2.11. The molecule has 0 radical (unpaired) electrons. The zero-order chi connectivity index (χ0) is 18.4. The first-order valence-electron chi connectivity index (χ1n) is 7.09. The molecule has 5 nitrogen and oxygen atoms in total. The van der Waals surface area contributed by atoms with Gasteiger partial charge in [0.15, 0.2) is 11.5 Å². The Kier molecular flexibility index (Phi) is 6.29. The summed E-state index contributed by atoms with van der Waals surface area (Å²) in [6.45, 7) is 0. The predicted octanol–water partition coefficient (Wildman–Crippen LogP) is 4.56. The van der Waals surface area contributed by atoms with E-state index in [9.17, 15) is 10.1 Å². The van der Waals surface area contributed by atoms with Crippen molar-refractivity contribution < 1.29 is 14.3 Å². The molecule has 0 fully saturated rings. The molecular weight excluding hydrogens is 363 g/mol. The molecule has 0 aliphatic heterocycles. The van der Waals surface area contributed by atoms with E-state index in [4.69, 9.17) is 32.7 Å². The van der Waals surface area contributed by atoms with Gasteiger partial charge in [-0.2, -0.15) is 5.26 Å². The Labute approximate surface area is 155 Å². The summed E-state index contributed by atoms with van der Waals surface area (Å²) in [5, 5.41) is 12.6. The number of methoxy groups -OCH3 is 2. The van der Waals surface area contributed by atoms with Crippen LogP contribution in [0.4, 0.5) is 5.69 Å². The van der Waals surface area contributed by atoms with E-state index in [1.54, 1.807) is 30.3 Å². The molecule has 0 unspecified atom stereocenters. The summed E-state index contributed by atoms with van der Waals surface area (Å²) in [5.41, 5.74) is 0.728. The van der Waals surface area contributed by atoms with E-state index in [1.165, 1.54) is 26.4 Å². The lowest BCUT2D eigenvalue weighted by atomic mass is 10.1. The van der Waals surface area contributed by atoms with Crippen LogP contribution in [0.25, 0.3) is 6.08 Å². The molecule has 2 aromatic carbocycles. The average molecular weight is 377 g/mol. The van der Waals surface area contributed by atoms with Crippen molar-refractivity contribution in [2.45, 2.75) is 0 Å². The normalized spacial score (nSPS) is 10.8. The summed E-state index contributed by atoms with van der Waals surface area (Å²) in [6, 6.07) is 11.7. The zero-order valence-corrected chi connectivity index (χ0v) is 15.0. The van der Waals surface area contributed by atoms with Crippen LogP contribution in [-0.2, 0) is 4.79 Å². The number of carbonyl (C=O) groups is 1.